The maximum Gasteiger partial charge on any atom is 0.416 e. The van der Waals surface area contributed by atoms with Crippen LogP contribution in [0.5, 0.6) is 0 Å². The Kier molecular flexibility index (Phi) is 5.64. The molecule has 34 heavy (non-hydrogen) atoms. The lowest BCUT2D eigenvalue weighted by Gasteiger charge is -2.11. The summed E-state index contributed by atoms with van der Waals surface area (Å²) in [6.45, 7) is 0. The number of hydrogen-bond donors (Lipinski definition) is 0. The summed E-state index contributed by atoms with van der Waals surface area (Å²) in [5.41, 5.74) is 5.75. The van der Waals surface area contributed by atoms with Crippen molar-refractivity contribution in [2.75, 3.05) is 0 Å². The van der Waals surface area contributed by atoms with E-state index in [1.54, 1.807) is 12.4 Å². The molecule has 166 valence electrons. The molecule has 0 saturated carbocycles. The van der Waals surface area contributed by atoms with Crippen molar-refractivity contribution in [3.05, 3.63) is 115 Å². The van der Waals surface area contributed by atoms with Gasteiger partial charge < -0.3 is 0 Å². The number of benzene rings is 2. The molecule has 0 amide bonds. The van der Waals surface area contributed by atoms with Gasteiger partial charge >= 0.3 is 6.18 Å². The topological polar surface area (TPSA) is 38.7 Å². The Morgan fingerprint density at radius 3 is 1.32 bits per heavy atom. The average Bonchev–Trinajstić information content (AvgIpc) is 2.89. The van der Waals surface area contributed by atoms with Gasteiger partial charge in [-0.25, -0.2) is 4.98 Å². The molecule has 0 aliphatic heterocycles. The first-order chi connectivity index (χ1) is 16.5. The minimum Gasteiger partial charge on any atom is -0.255 e. The molecule has 0 aliphatic carbocycles. The highest BCUT2D eigenvalue weighted by Crippen LogP contribution is 2.33. The molecule has 0 saturated heterocycles. The molecule has 5 aromatic rings. The summed E-state index contributed by atoms with van der Waals surface area (Å²) in [5.74, 6) is 0. The van der Waals surface area contributed by atoms with Gasteiger partial charge in [-0.1, -0.05) is 48.5 Å². The van der Waals surface area contributed by atoms with Crippen LogP contribution in [0.3, 0.4) is 0 Å². The molecule has 0 spiro atoms. The summed E-state index contributed by atoms with van der Waals surface area (Å²) < 4.78 is 38.6. The van der Waals surface area contributed by atoms with Crippen LogP contribution in [0.2, 0.25) is 0 Å². The second kappa shape index (κ2) is 8.90. The molecular weight excluding hydrogens is 435 g/mol. The quantitative estimate of drug-likeness (QED) is 0.282. The fourth-order valence-corrected chi connectivity index (χ4v) is 3.70. The van der Waals surface area contributed by atoms with E-state index in [2.05, 4.69) is 9.97 Å². The van der Waals surface area contributed by atoms with Gasteiger partial charge in [-0.05, 0) is 70.8 Å². The number of halogens is 3. The van der Waals surface area contributed by atoms with Gasteiger partial charge in [0.15, 0.2) is 0 Å². The van der Waals surface area contributed by atoms with Crippen LogP contribution in [0.1, 0.15) is 5.56 Å². The summed E-state index contributed by atoms with van der Waals surface area (Å²) in [6.07, 6.45) is -0.896. The van der Waals surface area contributed by atoms with Crippen molar-refractivity contribution in [2.45, 2.75) is 6.18 Å². The Bertz CT molecular complexity index is 1340. The number of aromatic nitrogens is 3. The predicted molar refractivity (Wildman–Crippen MR) is 127 cm³/mol. The molecular formula is C28H18F3N3. The minimum absolute atomic E-state index is 0.659. The van der Waals surface area contributed by atoms with Crippen LogP contribution in [0.25, 0.3) is 45.0 Å². The van der Waals surface area contributed by atoms with E-state index in [1.807, 2.05) is 72.8 Å². The lowest BCUT2D eigenvalue weighted by molar-refractivity contribution is -0.137. The summed E-state index contributed by atoms with van der Waals surface area (Å²) in [4.78, 5) is 13.6. The second-order valence-corrected chi connectivity index (χ2v) is 7.71. The Balaban J connectivity index is 1.53. The van der Waals surface area contributed by atoms with E-state index in [1.165, 1.54) is 12.1 Å². The van der Waals surface area contributed by atoms with Crippen molar-refractivity contribution >= 4 is 0 Å². The lowest BCUT2D eigenvalue weighted by Crippen LogP contribution is -2.03. The monoisotopic (exact) mass is 453 g/mol. The number of alkyl halides is 3. The Labute approximate surface area is 194 Å². The highest BCUT2D eigenvalue weighted by atomic mass is 19.4. The van der Waals surface area contributed by atoms with Crippen molar-refractivity contribution in [1.82, 2.24) is 15.0 Å². The molecule has 0 N–H and O–H groups in total. The van der Waals surface area contributed by atoms with Crippen molar-refractivity contribution in [1.29, 1.82) is 0 Å². The van der Waals surface area contributed by atoms with Gasteiger partial charge in [-0.2, -0.15) is 13.2 Å². The first kappa shape index (κ1) is 21.5. The molecule has 3 heterocycles. The molecule has 0 aliphatic rings. The van der Waals surface area contributed by atoms with Crippen LogP contribution in [-0.4, -0.2) is 15.0 Å². The molecule has 0 bridgehead atoms. The fraction of sp³-hybridized carbons (Fsp3) is 0.0357. The maximum atomic E-state index is 12.9. The first-order valence-electron chi connectivity index (χ1n) is 10.6. The zero-order valence-electron chi connectivity index (χ0n) is 17.9. The van der Waals surface area contributed by atoms with Crippen LogP contribution in [0.4, 0.5) is 13.2 Å². The van der Waals surface area contributed by atoms with Gasteiger partial charge in [0.05, 0.1) is 28.3 Å². The van der Waals surface area contributed by atoms with E-state index >= 15 is 0 Å². The third-order valence-electron chi connectivity index (χ3n) is 5.44. The zero-order chi connectivity index (χ0) is 23.5. The smallest absolute Gasteiger partial charge is 0.255 e. The molecule has 5 rings (SSSR count). The van der Waals surface area contributed by atoms with Crippen molar-refractivity contribution < 1.29 is 13.2 Å². The van der Waals surface area contributed by atoms with E-state index < -0.39 is 11.7 Å². The first-order valence-corrected chi connectivity index (χ1v) is 10.6. The number of pyridine rings is 3. The Morgan fingerprint density at radius 1 is 0.471 bits per heavy atom. The minimum atomic E-state index is -4.35. The molecule has 0 unspecified atom stereocenters. The number of rotatable bonds is 4. The van der Waals surface area contributed by atoms with Gasteiger partial charge in [0.1, 0.15) is 0 Å². The van der Waals surface area contributed by atoms with Gasteiger partial charge in [0.25, 0.3) is 0 Å². The summed E-state index contributed by atoms with van der Waals surface area (Å²) in [7, 11) is 0. The number of hydrogen-bond acceptors (Lipinski definition) is 3. The Hall–Kier alpha value is -4.32. The average molecular weight is 453 g/mol. The third kappa shape index (κ3) is 4.57. The van der Waals surface area contributed by atoms with Gasteiger partial charge in [0.2, 0.25) is 0 Å². The van der Waals surface area contributed by atoms with Crippen molar-refractivity contribution in [3.8, 4) is 45.0 Å². The molecule has 0 radical (unpaired) electrons. The molecule has 3 nitrogen and oxygen atoms in total. The van der Waals surface area contributed by atoms with E-state index in [4.69, 9.17) is 4.98 Å². The van der Waals surface area contributed by atoms with Crippen LogP contribution in [0, 0.1) is 0 Å². The fourth-order valence-electron chi connectivity index (χ4n) is 3.70. The van der Waals surface area contributed by atoms with E-state index in [-0.39, 0.29) is 0 Å². The molecule has 0 atom stereocenters. The highest BCUT2D eigenvalue weighted by molar-refractivity contribution is 5.76. The summed E-state index contributed by atoms with van der Waals surface area (Å²) in [5, 5.41) is 0. The standard InChI is InChI=1S/C28H18F3N3/c29-28(30,31)23-13-11-20(12-14-23)19-7-9-21(10-8-19)22-17-26(24-5-1-3-15-32-24)34-27(18-22)25-6-2-4-16-33-25/h1-18H. The second-order valence-electron chi connectivity index (χ2n) is 7.71. The van der Waals surface area contributed by atoms with Crippen molar-refractivity contribution in [3.63, 3.8) is 0 Å². The molecule has 0 fully saturated rings. The van der Waals surface area contributed by atoms with E-state index in [0.717, 1.165) is 57.2 Å². The van der Waals surface area contributed by atoms with E-state index in [9.17, 15) is 13.2 Å². The van der Waals surface area contributed by atoms with Crippen LogP contribution in [-0.2, 0) is 6.18 Å². The Morgan fingerprint density at radius 2 is 0.912 bits per heavy atom. The highest BCUT2D eigenvalue weighted by Gasteiger charge is 2.29. The predicted octanol–water partition coefficient (Wildman–Crippen LogP) is 7.56. The zero-order valence-corrected chi connectivity index (χ0v) is 17.9. The number of nitrogens with zero attached hydrogens (tertiary/aromatic N) is 3. The van der Waals surface area contributed by atoms with Gasteiger partial charge in [0, 0.05) is 12.4 Å². The van der Waals surface area contributed by atoms with E-state index in [0.29, 0.717) is 0 Å². The SMILES string of the molecule is FC(F)(F)c1ccc(-c2ccc(-c3cc(-c4ccccn4)nc(-c4ccccn4)c3)cc2)cc1. The molecule has 2 aromatic carbocycles. The summed E-state index contributed by atoms with van der Waals surface area (Å²) in [6, 6.07) is 28.2. The summed E-state index contributed by atoms with van der Waals surface area (Å²) >= 11 is 0. The normalized spacial score (nSPS) is 11.4. The van der Waals surface area contributed by atoms with Gasteiger partial charge in [-0.15, -0.1) is 0 Å². The lowest BCUT2D eigenvalue weighted by atomic mass is 9.98. The maximum absolute atomic E-state index is 12.9. The molecule has 3 aromatic heterocycles. The van der Waals surface area contributed by atoms with Crippen molar-refractivity contribution in [2.24, 2.45) is 0 Å². The van der Waals surface area contributed by atoms with Crippen LogP contribution < -0.4 is 0 Å². The third-order valence-corrected chi connectivity index (χ3v) is 5.44. The van der Waals surface area contributed by atoms with Gasteiger partial charge in [-0.3, -0.25) is 9.97 Å². The largest absolute Gasteiger partial charge is 0.416 e. The van der Waals surface area contributed by atoms with Crippen LogP contribution in [0.15, 0.2) is 109 Å². The molecule has 6 heteroatoms. The van der Waals surface area contributed by atoms with Crippen LogP contribution >= 0.6 is 0 Å².